The van der Waals surface area contributed by atoms with Gasteiger partial charge < -0.3 is 14.5 Å². The van der Waals surface area contributed by atoms with E-state index in [1.54, 1.807) is 12.5 Å². The summed E-state index contributed by atoms with van der Waals surface area (Å²) in [5, 5.41) is 5.99. The molecule has 0 bridgehead atoms. The molecule has 1 N–H and O–H groups in total. The molecule has 18 heavy (non-hydrogen) atoms. The summed E-state index contributed by atoms with van der Waals surface area (Å²) < 4.78 is 9.56. The molecule has 0 fully saturated rings. The summed E-state index contributed by atoms with van der Waals surface area (Å²) in [6.07, 6.45) is 4.30. The van der Waals surface area contributed by atoms with Crippen molar-refractivity contribution in [3.8, 4) is 0 Å². The minimum Gasteiger partial charge on any atom is -0.472 e. The van der Waals surface area contributed by atoms with Gasteiger partial charge in [-0.1, -0.05) is 0 Å². The number of aromatic nitrogens is 1. The van der Waals surface area contributed by atoms with E-state index in [9.17, 15) is 4.79 Å². The van der Waals surface area contributed by atoms with E-state index in [1.165, 1.54) is 18.4 Å². The van der Waals surface area contributed by atoms with E-state index in [1.807, 2.05) is 11.4 Å². The van der Waals surface area contributed by atoms with E-state index in [0.29, 0.717) is 19.4 Å². The molecule has 0 spiro atoms. The van der Waals surface area contributed by atoms with Crippen molar-refractivity contribution in [3.63, 3.8) is 0 Å². The predicted molar refractivity (Wildman–Crippen MR) is 68.5 cm³/mol. The SMILES string of the molecule is COC(=O)CCc1csc(NCc2ccoc2)n1. The van der Waals surface area contributed by atoms with E-state index in [4.69, 9.17) is 4.42 Å². The minimum atomic E-state index is -0.212. The Hall–Kier alpha value is -1.82. The molecule has 0 amide bonds. The zero-order chi connectivity index (χ0) is 12.8. The average Bonchev–Trinajstić information content (AvgIpc) is 3.04. The van der Waals surface area contributed by atoms with Crippen LogP contribution in [0.15, 0.2) is 28.4 Å². The van der Waals surface area contributed by atoms with Crippen molar-refractivity contribution in [1.29, 1.82) is 0 Å². The lowest BCUT2D eigenvalue weighted by molar-refractivity contribution is -0.140. The minimum absolute atomic E-state index is 0.212. The van der Waals surface area contributed by atoms with Crippen molar-refractivity contribution >= 4 is 22.4 Å². The second kappa shape index (κ2) is 6.20. The first-order chi connectivity index (χ1) is 8.78. The van der Waals surface area contributed by atoms with Gasteiger partial charge in [-0.2, -0.15) is 0 Å². The zero-order valence-corrected chi connectivity index (χ0v) is 10.8. The summed E-state index contributed by atoms with van der Waals surface area (Å²) in [6.45, 7) is 0.681. The van der Waals surface area contributed by atoms with Crippen molar-refractivity contribution in [2.75, 3.05) is 12.4 Å². The average molecular weight is 266 g/mol. The number of carbonyl (C=O) groups excluding carboxylic acids is 1. The molecule has 5 nitrogen and oxygen atoms in total. The number of hydrogen-bond acceptors (Lipinski definition) is 6. The van der Waals surface area contributed by atoms with Gasteiger partial charge in [0.25, 0.3) is 0 Å². The maximum absolute atomic E-state index is 11.0. The van der Waals surface area contributed by atoms with Crippen LogP contribution in [0.2, 0.25) is 0 Å². The van der Waals surface area contributed by atoms with E-state index >= 15 is 0 Å². The summed E-state index contributed by atoms with van der Waals surface area (Å²) in [5.74, 6) is -0.212. The van der Waals surface area contributed by atoms with Crippen LogP contribution in [0.4, 0.5) is 5.13 Å². The van der Waals surface area contributed by atoms with Gasteiger partial charge in [-0.3, -0.25) is 4.79 Å². The van der Waals surface area contributed by atoms with Crippen LogP contribution < -0.4 is 5.32 Å². The molecule has 2 aromatic heterocycles. The third kappa shape index (κ3) is 3.59. The Bertz CT molecular complexity index is 493. The van der Waals surface area contributed by atoms with Crippen LogP contribution >= 0.6 is 11.3 Å². The van der Waals surface area contributed by atoms with Crippen LogP contribution in [-0.2, 0) is 22.5 Å². The summed E-state index contributed by atoms with van der Waals surface area (Å²) in [6, 6.07) is 1.90. The van der Waals surface area contributed by atoms with Crippen molar-refractivity contribution in [1.82, 2.24) is 4.98 Å². The molecule has 0 saturated carbocycles. The smallest absolute Gasteiger partial charge is 0.305 e. The van der Waals surface area contributed by atoms with Crippen molar-refractivity contribution in [2.45, 2.75) is 19.4 Å². The third-order valence-electron chi connectivity index (χ3n) is 2.39. The van der Waals surface area contributed by atoms with Crippen LogP contribution in [0.1, 0.15) is 17.7 Å². The van der Waals surface area contributed by atoms with Gasteiger partial charge in [0.2, 0.25) is 0 Å². The van der Waals surface area contributed by atoms with E-state index in [-0.39, 0.29) is 5.97 Å². The number of carbonyl (C=O) groups is 1. The van der Waals surface area contributed by atoms with Crippen molar-refractivity contribution in [3.05, 3.63) is 35.2 Å². The normalized spacial score (nSPS) is 10.3. The standard InChI is InChI=1S/C12H14N2O3S/c1-16-11(15)3-2-10-8-18-12(14-10)13-6-9-4-5-17-7-9/h4-5,7-8H,2-3,6H2,1H3,(H,13,14). The largest absolute Gasteiger partial charge is 0.472 e. The highest BCUT2D eigenvalue weighted by Crippen LogP contribution is 2.17. The number of nitrogens with zero attached hydrogens (tertiary/aromatic N) is 1. The Morgan fingerprint density at radius 3 is 3.22 bits per heavy atom. The van der Waals surface area contributed by atoms with Gasteiger partial charge in [0.1, 0.15) is 0 Å². The number of aryl methyl sites for hydroxylation is 1. The monoisotopic (exact) mass is 266 g/mol. The molecular formula is C12H14N2O3S. The number of furan rings is 1. The lowest BCUT2D eigenvalue weighted by Crippen LogP contribution is -2.02. The molecule has 0 aliphatic carbocycles. The highest BCUT2D eigenvalue weighted by molar-refractivity contribution is 7.13. The Morgan fingerprint density at radius 1 is 1.61 bits per heavy atom. The molecule has 2 rings (SSSR count). The first-order valence-electron chi connectivity index (χ1n) is 5.54. The lowest BCUT2D eigenvalue weighted by atomic mass is 10.2. The fourth-order valence-electron chi connectivity index (χ4n) is 1.41. The van der Waals surface area contributed by atoms with E-state index in [0.717, 1.165) is 16.4 Å². The zero-order valence-electron chi connectivity index (χ0n) is 10.0. The second-order valence-corrected chi connectivity index (χ2v) is 4.56. The third-order valence-corrected chi connectivity index (χ3v) is 3.24. The molecule has 6 heteroatoms. The number of nitrogens with one attached hydrogen (secondary N) is 1. The molecule has 2 aromatic rings. The van der Waals surface area contributed by atoms with Crippen molar-refractivity contribution in [2.24, 2.45) is 0 Å². The summed E-state index contributed by atoms with van der Waals surface area (Å²) in [5.41, 5.74) is 1.97. The first kappa shape index (κ1) is 12.6. The summed E-state index contributed by atoms with van der Waals surface area (Å²) in [7, 11) is 1.39. The topological polar surface area (TPSA) is 64.4 Å². The number of rotatable bonds is 6. The van der Waals surface area contributed by atoms with E-state index < -0.39 is 0 Å². The van der Waals surface area contributed by atoms with Gasteiger partial charge in [0, 0.05) is 23.9 Å². The van der Waals surface area contributed by atoms with Crippen LogP contribution in [0, 0.1) is 0 Å². The molecule has 0 atom stereocenters. The molecule has 0 aromatic carbocycles. The number of thiazole rings is 1. The van der Waals surface area contributed by atoms with Gasteiger partial charge in [-0.05, 0) is 6.07 Å². The van der Waals surface area contributed by atoms with Gasteiger partial charge in [0.15, 0.2) is 5.13 Å². The Kier molecular flexibility index (Phi) is 4.35. The Labute approximate surface area is 109 Å². The number of esters is 1. The van der Waals surface area contributed by atoms with Crippen LogP contribution in [0.3, 0.4) is 0 Å². The Balaban J connectivity index is 1.80. The maximum atomic E-state index is 11.0. The van der Waals surface area contributed by atoms with Crippen LogP contribution in [0.25, 0.3) is 0 Å². The molecule has 0 radical (unpaired) electrons. The summed E-state index contributed by atoms with van der Waals surface area (Å²) >= 11 is 1.53. The van der Waals surface area contributed by atoms with Gasteiger partial charge in [-0.15, -0.1) is 11.3 Å². The fourth-order valence-corrected chi connectivity index (χ4v) is 2.15. The van der Waals surface area contributed by atoms with Crippen LogP contribution in [-0.4, -0.2) is 18.1 Å². The summed E-state index contributed by atoms with van der Waals surface area (Å²) in [4.78, 5) is 15.4. The van der Waals surface area contributed by atoms with Crippen molar-refractivity contribution < 1.29 is 13.9 Å². The number of hydrogen-bond donors (Lipinski definition) is 1. The lowest BCUT2D eigenvalue weighted by Gasteiger charge is -1.99. The highest BCUT2D eigenvalue weighted by atomic mass is 32.1. The first-order valence-corrected chi connectivity index (χ1v) is 6.42. The molecule has 2 heterocycles. The van der Waals surface area contributed by atoms with E-state index in [2.05, 4.69) is 15.0 Å². The molecule has 0 unspecified atom stereocenters. The molecule has 0 saturated heterocycles. The molecule has 0 aliphatic heterocycles. The molecule has 96 valence electrons. The fraction of sp³-hybridized carbons (Fsp3) is 0.333. The number of methoxy groups -OCH3 is 1. The Morgan fingerprint density at radius 2 is 2.50 bits per heavy atom. The second-order valence-electron chi connectivity index (χ2n) is 3.71. The highest BCUT2D eigenvalue weighted by Gasteiger charge is 2.05. The van der Waals surface area contributed by atoms with Gasteiger partial charge in [0.05, 0.1) is 31.8 Å². The van der Waals surface area contributed by atoms with Gasteiger partial charge in [-0.25, -0.2) is 4.98 Å². The predicted octanol–water partition coefficient (Wildman–Crippen LogP) is 2.45. The molecular weight excluding hydrogens is 252 g/mol. The molecule has 0 aliphatic rings. The maximum Gasteiger partial charge on any atom is 0.305 e. The van der Waals surface area contributed by atoms with Crippen LogP contribution in [0.5, 0.6) is 0 Å². The number of ether oxygens (including phenoxy) is 1. The number of anilines is 1. The quantitative estimate of drug-likeness (QED) is 0.814. The van der Waals surface area contributed by atoms with Gasteiger partial charge >= 0.3 is 5.97 Å².